The molecule has 1 atom stereocenters. The fraction of sp³-hybridized carbons (Fsp3) is 0.722. The molecular formula is C18H30N2O2S. The SMILES string of the molecule is CCC(CC)C(CNC(=O)c1cc(C)c(C)s1)N1CCOCC1. The van der Waals surface area contributed by atoms with E-state index < -0.39 is 0 Å². The molecule has 1 aromatic heterocycles. The minimum Gasteiger partial charge on any atom is -0.379 e. The molecule has 1 N–H and O–H groups in total. The van der Waals surface area contributed by atoms with Crippen LogP contribution in [-0.2, 0) is 4.74 Å². The van der Waals surface area contributed by atoms with E-state index in [9.17, 15) is 4.79 Å². The largest absolute Gasteiger partial charge is 0.379 e. The molecule has 1 saturated heterocycles. The normalized spacial score (nSPS) is 17.4. The van der Waals surface area contributed by atoms with E-state index in [-0.39, 0.29) is 5.91 Å². The molecule has 1 aromatic rings. The molecule has 1 unspecified atom stereocenters. The van der Waals surface area contributed by atoms with Gasteiger partial charge in [-0.05, 0) is 31.4 Å². The van der Waals surface area contributed by atoms with Gasteiger partial charge >= 0.3 is 0 Å². The Morgan fingerprint density at radius 1 is 1.30 bits per heavy atom. The Kier molecular flexibility index (Phi) is 7.06. The van der Waals surface area contributed by atoms with E-state index in [2.05, 4.69) is 37.9 Å². The van der Waals surface area contributed by atoms with E-state index >= 15 is 0 Å². The van der Waals surface area contributed by atoms with Gasteiger partial charge in [-0.1, -0.05) is 26.7 Å². The van der Waals surface area contributed by atoms with Crippen LogP contribution in [-0.4, -0.2) is 49.7 Å². The van der Waals surface area contributed by atoms with Crippen LogP contribution in [0.2, 0.25) is 0 Å². The van der Waals surface area contributed by atoms with Crippen LogP contribution in [0.15, 0.2) is 6.07 Å². The van der Waals surface area contributed by atoms with Gasteiger partial charge in [-0.2, -0.15) is 0 Å². The number of carbonyl (C=O) groups is 1. The molecule has 0 spiro atoms. The third-order valence-electron chi connectivity index (χ3n) is 4.97. The van der Waals surface area contributed by atoms with E-state index in [1.165, 1.54) is 10.4 Å². The molecule has 23 heavy (non-hydrogen) atoms. The van der Waals surface area contributed by atoms with Crippen LogP contribution in [0, 0.1) is 19.8 Å². The smallest absolute Gasteiger partial charge is 0.261 e. The Labute approximate surface area is 144 Å². The maximum absolute atomic E-state index is 12.5. The molecule has 0 radical (unpaired) electrons. The molecule has 2 rings (SSSR count). The van der Waals surface area contributed by atoms with Crippen molar-refractivity contribution in [3.05, 3.63) is 21.4 Å². The second kappa shape index (κ2) is 8.81. The summed E-state index contributed by atoms with van der Waals surface area (Å²) in [6, 6.07) is 2.40. The van der Waals surface area contributed by atoms with Crippen LogP contribution in [0.4, 0.5) is 0 Å². The van der Waals surface area contributed by atoms with Crippen LogP contribution < -0.4 is 5.32 Å². The van der Waals surface area contributed by atoms with Crippen LogP contribution in [0.5, 0.6) is 0 Å². The molecule has 1 aliphatic heterocycles. The van der Waals surface area contributed by atoms with E-state index in [4.69, 9.17) is 4.74 Å². The fourth-order valence-electron chi connectivity index (χ4n) is 3.31. The zero-order valence-electron chi connectivity index (χ0n) is 14.9. The molecule has 2 heterocycles. The Hall–Kier alpha value is -0.910. The first-order valence-electron chi connectivity index (χ1n) is 8.73. The third kappa shape index (κ3) is 4.78. The molecule has 0 aliphatic carbocycles. The first-order chi connectivity index (χ1) is 11.1. The fourth-order valence-corrected chi connectivity index (χ4v) is 4.26. The summed E-state index contributed by atoms with van der Waals surface area (Å²) >= 11 is 1.58. The molecule has 0 aromatic carbocycles. The van der Waals surface area contributed by atoms with Crippen LogP contribution in [0.1, 0.15) is 46.8 Å². The Morgan fingerprint density at radius 2 is 1.96 bits per heavy atom. The van der Waals surface area contributed by atoms with Crippen molar-refractivity contribution in [2.75, 3.05) is 32.8 Å². The minimum absolute atomic E-state index is 0.0652. The summed E-state index contributed by atoms with van der Waals surface area (Å²) < 4.78 is 5.48. The van der Waals surface area contributed by atoms with Crippen molar-refractivity contribution in [1.82, 2.24) is 10.2 Å². The van der Waals surface area contributed by atoms with Crippen LogP contribution in [0.3, 0.4) is 0 Å². The number of hydrogen-bond acceptors (Lipinski definition) is 4. The molecule has 4 nitrogen and oxygen atoms in total. The van der Waals surface area contributed by atoms with E-state index in [0.717, 1.165) is 50.6 Å². The van der Waals surface area contributed by atoms with Gasteiger partial charge in [0.1, 0.15) is 0 Å². The van der Waals surface area contributed by atoms with Gasteiger partial charge in [0.15, 0.2) is 0 Å². The average Bonchev–Trinajstić information content (AvgIpc) is 2.91. The van der Waals surface area contributed by atoms with Gasteiger partial charge < -0.3 is 10.1 Å². The molecule has 5 heteroatoms. The lowest BCUT2D eigenvalue weighted by atomic mass is 9.92. The zero-order valence-corrected chi connectivity index (χ0v) is 15.7. The Balaban J connectivity index is 2.00. The number of nitrogens with zero attached hydrogens (tertiary/aromatic N) is 1. The number of thiophene rings is 1. The predicted octanol–water partition coefficient (Wildman–Crippen LogP) is 3.23. The van der Waals surface area contributed by atoms with Crippen molar-refractivity contribution in [1.29, 1.82) is 0 Å². The van der Waals surface area contributed by atoms with Gasteiger partial charge in [-0.15, -0.1) is 11.3 Å². The summed E-state index contributed by atoms with van der Waals surface area (Å²) in [7, 11) is 0. The number of nitrogens with one attached hydrogen (secondary N) is 1. The van der Waals surface area contributed by atoms with Crippen molar-refractivity contribution in [3.63, 3.8) is 0 Å². The van der Waals surface area contributed by atoms with Crippen LogP contribution in [0.25, 0.3) is 0 Å². The summed E-state index contributed by atoms with van der Waals surface area (Å²) in [4.78, 5) is 17.0. The molecule has 0 saturated carbocycles. The number of carbonyl (C=O) groups excluding carboxylic acids is 1. The average molecular weight is 339 g/mol. The van der Waals surface area contributed by atoms with Crippen molar-refractivity contribution in [3.8, 4) is 0 Å². The predicted molar refractivity (Wildman–Crippen MR) is 96.4 cm³/mol. The van der Waals surface area contributed by atoms with Gasteiger partial charge in [-0.3, -0.25) is 9.69 Å². The minimum atomic E-state index is 0.0652. The topological polar surface area (TPSA) is 41.6 Å². The van der Waals surface area contributed by atoms with Gasteiger partial charge in [-0.25, -0.2) is 0 Å². The summed E-state index contributed by atoms with van der Waals surface area (Å²) in [5.74, 6) is 0.677. The first kappa shape index (κ1) is 18.4. The summed E-state index contributed by atoms with van der Waals surface area (Å²) in [5, 5.41) is 3.18. The molecular weight excluding hydrogens is 308 g/mol. The molecule has 130 valence electrons. The highest BCUT2D eigenvalue weighted by atomic mass is 32.1. The molecule has 0 bridgehead atoms. The van der Waals surface area contributed by atoms with Gasteiger partial charge in [0.2, 0.25) is 0 Å². The zero-order chi connectivity index (χ0) is 16.8. The molecule has 1 aliphatic rings. The summed E-state index contributed by atoms with van der Waals surface area (Å²) in [6.07, 6.45) is 2.29. The number of morpholine rings is 1. The highest BCUT2D eigenvalue weighted by Gasteiger charge is 2.27. The number of aryl methyl sites for hydroxylation is 2. The van der Waals surface area contributed by atoms with Crippen LogP contribution >= 0.6 is 11.3 Å². The Morgan fingerprint density at radius 3 is 2.48 bits per heavy atom. The van der Waals surface area contributed by atoms with Gasteiger partial charge in [0.05, 0.1) is 18.1 Å². The number of rotatable bonds is 7. The van der Waals surface area contributed by atoms with Gasteiger partial charge in [0, 0.05) is 30.6 Å². The highest BCUT2D eigenvalue weighted by molar-refractivity contribution is 7.14. The molecule has 1 fully saturated rings. The quantitative estimate of drug-likeness (QED) is 0.830. The monoisotopic (exact) mass is 338 g/mol. The van der Waals surface area contributed by atoms with Gasteiger partial charge in [0.25, 0.3) is 5.91 Å². The number of ether oxygens (including phenoxy) is 1. The maximum atomic E-state index is 12.5. The Bertz CT molecular complexity index is 486. The lowest BCUT2D eigenvalue weighted by Gasteiger charge is -2.38. The molecule has 1 amide bonds. The van der Waals surface area contributed by atoms with E-state index in [1.807, 2.05) is 6.07 Å². The summed E-state index contributed by atoms with van der Waals surface area (Å²) in [5.41, 5.74) is 1.20. The van der Waals surface area contributed by atoms with E-state index in [0.29, 0.717) is 12.0 Å². The lowest BCUT2D eigenvalue weighted by molar-refractivity contribution is 0.00192. The third-order valence-corrected chi connectivity index (χ3v) is 6.12. The second-order valence-electron chi connectivity index (χ2n) is 6.35. The first-order valence-corrected chi connectivity index (χ1v) is 9.55. The second-order valence-corrected chi connectivity index (χ2v) is 7.61. The van der Waals surface area contributed by atoms with Crippen molar-refractivity contribution in [2.24, 2.45) is 5.92 Å². The summed E-state index contributed by atoms with van der Waals surface area (Å²) in [6.45, 7) is 12.9. The standard InChI is InChI=1S/C18H30N2O2S/c1-5-15(6-2)16(20-7-9-22-10-8-20)12-19-18(21)17-11-13(3)14(4)23-17/h11,15-16H,5-10,12H2,1-4H3,(H,19,21). The lowest BCUT2D eigenvalue weighted by Crippen LogP contribution is -2.52. The maximum Gasteiger partial charge on any atom is 0.261 e. The highest BCUT2D eigenvalue weighted by Crippen LogP contribution is 2.22. The van der Waals surface area contributed by atoms with Crippen molar-refractivity contribution >= 4 is 17.2 Å². The number of amides is 1. The van der Waals surface area contributed by atoms with Crippen molar-refractivity contribution in [2.45, 2.75) is 46.6 Å². The van der Waals surface area contributed by atoms with E-state index in [1.54, 1.807) is 11.3 Å². The van der Waals surface area contributed by atoms with Crippen molar-refractivity contribution < 1.29 is 9.53 Å². The number of hydrogen-bond donors (Lipinski definition) is 1.